The molecule has 5 aliphatic rings. The summed E-state index contributed by atoms with van der Waals surface area (Å²) in [4.78, 5) is 64.6. The van der Waals surface area contributed by atoms with E-state index in [0.717, 1.165) is 59.8 Å². The molecule has 0 aromatic heterocycles. The van der Waals surface area contributed by atoms with Crippen molar-refractivity contribution < 1.29 is 152 Å². The van der Waals surface area contributed by atoms with Crippen LogP contribution < -0.4 is 31.3 Å². The monoisotopic (exact) mass is 1420 g/mol. The maximum Gasteiger partial charge on any atom is 0.251 e. The largest absolute Gasteiger partial charge is 0.494 e. The van der Waals surface area contributed by atoms with Crippen molar-refractivity contribution in [1.29, 1.82) is 0 Å². The van der Waals surface area contributed by atoms with Gasteiger partial charge in [-0.15, -0.1) is 11.8 Å². The van der Waals surface area contributed by atoms with Crippen molar-refractivity contribution in [3.63, 3.8) is 0 Å². The third-order valence-electron chi connectivity index (χ3n) is 17.1. The molecule has 36 nitrogen and oxygen atoms in total. The predicted molar refractivity (Wildman–Crippen MR) is 334 cm³/mol. The van der Waals surface area contributed by atoms with E-state index < -0.39 is 247 Å². The summed E-state index contributed by atoms with van der Waals surface area (Å²) < 4.78 is 71.9. The Morgan fingerprint density at radius 2 is 1.02 bits per heavy atom. The number of carbonyl (C=O) groups is 5. The summed E-state index contributed by atoms with van der Waals surface area (Å²) in [6.45, 7) is 3.62. The average Bonchev–Trinajstić information content (AvgIpc) is 0.933. The molecule has 36 heteroatoms. The van der Waals surface area contributed by atoms with Crippen LogP contribution in [-0.2, 0) is 71.3 Å². The van der Waals surface area contributed by atoms with E-state index in [1.807, 2.05) is 0 Å². The topological polar surface area (TPSA) is 539 Å². The molecule has 0 aliphatic carbocycles. The highest BCUT2D eigenvalue weighted by Crippen LogP contribution is 2.36. The molecule has 13 unspecified atom stereocenters. The fourth-order valence-electron chi connectivity index (χ4n) is 11.8. The molecule has 0 saturated carbocycles. The fraction of sp³-hybridized carbons (Fsp3) is 0.794. The van der Waals surface area contributed by atoms with Crippen molar-refractivity contribution in [2.45, 2.75) is 271 Å². The SMILES string of the molecule is CCCCCCC#CCCCOc1cccc(C(=O)N[C@@H]2C(O[C@H]3C(O)C(NC(C)=O)[C@H](OC4C(CO)O[C@@H](O[C@H]5C(O)C(NC(C)=O)[C@H](OC(CO)C(CO[C@@H]6OC(C)C(O)[C@H](O)[C@H]6O)OC(O)[C@H](C)NC(C)=O)O[C@H]5CO)[C@@H](NC(C)=O)[C@H]4O)O[C@H]3CO)OC(CO)[C@@H](O)[C@@H]2O)c1. The van der Waals surface area contributed by atoms with E-state index in [4.69, 9.17) is 56.8 Å². The molecular formula is C63H101N5O31. The molecule has 6 rings (SSSR count). The minimum Gasteiger partial charge on any atom is -0.494 e. The van der Waals surface area contributed by atoms with E-state index in [1.165, 1.54) is 26.0 Å². The molecule has 564 valence electrons. The normalized spacial score (nSPS) is 36.0. The maximum atomic E-state index is 13.9. The minimum absolute atomic E-state index is 0.0318. The van der Waals surface area contributed by atoms with Gasteiger partial charge in [-0.3, -0.25) is 24.0 Å². The van der Waals surface area contributed by atoms with Crippen LogP contribution in [0.3, 0.4) is 0 Å². The Hall–Kier alpha value is -5.07. The minimum atomic E-state index is -2.07. The molecule has 0 spiro atoms. The second-order valence-electron chi connectivity index (χ2n) is 24.9. The second kappa shape index (κ2) is 40.1. The van der Waals surface area contributed by atoms with Crippen LogP contribution in [-0.4, -0.2) is 325 Å². The third-order valence-corrected chi connectivity index (χ3v) is 17.1. The molecule has 19 N–H and O–H groups in total. The van der Waals surface area contributed by atoms with Crippen LogP contribution in [0.5, 0.6) is 5.75 Å². The van der Waals surface area contributed by atoms with E-state index in [2.05, 4.69) is 45.3 Å². The van der Waals surface area contributed by atoms with E-state index in [0.29, 0.717) is 18.6 Å². The van der Waals surface area contributed by atoms with Crippen LogP contribution >= 0.6 is 0 Å². The van der Waals surface area contributed by atoms with Crippen LogP contribution in [0.4, 0.5) is 0 Å². The van der Waals surface area contributed by atoms with Crippen LogP contribution in [0.1, 0.15) is 104 Å². The zero-order valence-corrected chi connectivity index (χ0v) is 56.2. The molecule has 5 heterocycles. The molecule has 5 saturated heterocycles. The van der Waals surface area contributed by atoms with Crippen molar-refractivity contribution >= 4 is 29.5 Å². The number of unbranched alkanes of at least 4 members (excludes halogenated alkanes) is 5. The zero-order chi connectivity index (χ0) is 72.9. The summed E-state index contributed by atoms with van der Waals surface area (Å²) in [5.41, 5.74) is 0.0318. The van der Waals surface area contributed by atoms with Gasteiger partial charge in [-0.05, 0) is 44.9 Å². The Labute approximate surface area is 571 Å². The van der Waals surface area contributed by atoms with Gasteiger partial charge >= 0.3 is 0 Å². The number of aliphatic hydroxyl groups excluding tert-OH is 14. The Kier molecular flexibility index (Phi) is 33.6. The van der Waals surface area contributed by atoms with Gasteiger partial charge in [-0.25, -0.2) is 0 Å². The molecule has 5 aliphatic heterocycles. The van der Waals surface area contributed by atoms with Gasteiger partial charge in [0.05, 0.1) is 58.4 Å². The number of benzene rings is 1. The highest BCUT2D eigenvalue weighted by molar-refractivity contribution is 5.94. The molecule has 5 amide bonds. The Balaban J connectivity index is 1.19. The summed E-state index contributed by atoms with van der Waals surface area (Å²) in [5.74, 6) is 2.72. The number of hydrogen-bond donors (Lipinski definition) is 19. The Bertz CT molecular complexity index is 2740. The summed E-state index contributed by atoms with van der Waals surface area (Å²) >= 11 is 0. The van der Waals surface area contributed by atoms with Gasteiger partial charge in [0.25, 0.3) is 5.91 Å². The zero-order valence-electron chi connectivity index (χ0n) is 56.2. The van der Waals surface area contributed by atoms with Gasteiger partial charge in [0, 0.05) is 46.1 Å². The smallest absolute Gasteiger partial charge is 0.251 e. The van der Waals surface area contributed by atoms with Gasteiger partial charge in [-0.2, -0.15) is 0 Å². The number of nitrogens with one attached hydrogen (secondary N) is 5. The number of amides is 5. The van der Waals surface area contributed by atoms with E-state index in [1.54, 1.807) is 12.1 Å². The molecule has 0 bridgehead atoms. The first-order chi connectivity index (χ1) is 47.1. The Morgan fingerprint density at radius 3 is 1.51 bits per heavy atom. The summed E-state index contributed by atoms with van der Waals surface area (Å²) in [6.07, 6.45) is -36.4. The van der Waals surface area contributed by atoms with Crippen LogP contribution in [0, 0.1) is 11.8 Å². The van der Waals surface area contributed by atoms with Crippen LogP contribution in [0.2, 0.25) is 0 Å². The molecule has 1 aromatic carbocycles. The van der Waals surface area contributed by atoms with Gasteiger partial charge in [0.1, 0.15) is 134 Å². The summed E-state index contributed by atoms with van der Waals surface area (Å²) in [5, 5.41) is 168. The number of rotatable bonds is 34. The first-order valence-electron chi connectivity index (χ1n) is 33.0. The van der Waals surface area contributed by atoms with E-state index >= 15 is 0 Å². The molecule has 0 radical (unpaired) electrons. The van der Waals surface area contributed by atoms with Gasteiger partial charge in [-0.1, -0.05) is 32.3 Å². The van der Waals surface area contributed by atoms with Crippen molar-refractivity contribution in [2.75, 3.05) is 46.2 Å². The highest BCUT2D eigenvalue weighted by atomic mass is 16.8. The fourth-order valence-corrected chi connectivity index (χ4v) is 11.8. The first-order valence-corrected chi connectivity index (χ1v) is 33.0. The van der Waals surface area contributed by atoms with Gasteiger partial charge < -0.3 is 155 Å². The maximum absolute atomic E-state index is 13.9. The molecule has 29 atom stereocenters. The van der Waals surface area contributed by atoms with Crippen LogP contribution in [0.25, 0.3) is 0 Å². The quantitative estimate of drug-likeness (QED) is 0.0173. The number of ether oxygens (including phenoxy) is 12. The Morgan fingerprint density at radius 1 is 0.535 bits per heavy atom. The van der Waals surface area contributed by atoms with E-state index in [9.17, 15) is 95.5 Å². The third kappa shape index (κ3) is 22.7. The lowest BCUT2D eigenvalue weighted by Gasteiger charge is -2.51. The molecule has 99 heavy (non-hydrogen) atoms. The number of carbonyl (C=O) groups excluding carboxylic acids is 5. The highest BCUT2D eigenvalue weighted by Gasteiger charge is 2.57. The van der Waals surface area contributed by atoms with E-state index in [-0.39, 0.29) is 12.2 Å². The van der Waals surface area contributed by atoms with Crippen molar-refractivity contribution in [2.24, 2.45) is 0 Å². The van der Waals surface area contributed by atoms with Crippen molar-refractivity contribution in [3.8, 4) is 17.6 Å². The average molecular weight is 1420 g/mol. The lowest BCUT2D eigenvalue weighted by Crippen LogP contribution is -2.72. The van der Waals surface area contributed by atoms with Crippen molar-refractivity contribution in [1.82, 2.24) is 26.6 Å². The molecule has 1 aromatic rings. The lowest BCUT2D eigenvalue weighted by molar-refractivity contribution is -0.365. The van der Waals surface area contributed by atoms with Crippen molar-refractivity contribution in [3.05, 3.63) is 29.8 Å². The van der Waals surface area contributed by atoms with Gasteiger partial charge in [0.2, 0.25) is 23.6 Å². The lowest BCUT2D eigenvalue weighted by atomic mass is 9.93. The number of aliphatic hydroxyl groups is 14. The number of hydrogen-bond acceptors (Lipinski definition) is 31. The standard InChI is InChI=1S/C63H101N5O31/c1-8-9-10-11-12-13-14-15-16-20-88-35-19-17-18-34(21-35)57(86)68-42-48(80)47(79)37(23-70)93-60(42)97-55-39(25-72)95-62(44(50(55)82)66-32(6)76)99-56-40(26-73)96-61(45(51(56)83)67-33(7)77)98-54-38(24-71)94-59(43(49(54)81)65-31(5)75)92-36(22-69)41(91-58(87)28(2)64-30(4)74)27-89-63-53(85)52(84)46(78)29(3)90-63/h17-19,21,28-29,36-56,58-63,69-73,78-85,87H,8-12,15-16,20,22-27H2,1-7H3,(H,64,74)(H,65,75)(H,66,76)(H,67,77)(H,68,86)/t28-,29?,36?,37?,38-,39-,40?,41?,42-,43?,44?,45-,46?,47+,48+,49?,50?,51+,52-,53+,54+,55+,56?,58?,59+,60?,61-,62-,63+/m0/s1. The first kappa shape index (κ1) is 82.9. The molecular weight excluding hydrogens is 1320 g/mol. The second-order valence-corrected chi connectivity index (χ2v) is 24.9. The summed E-state index contributed by atoms with van der Waals surface area (Å²) in [6, 6.07) is -2.07. The summed E-state index contributed by atoms with van der Waals surface area (Å²) in [7, 11) is 0. The molecule has 5 fully saturated rings. The predicted octanol–water partition coefficient (Wildman–Crippen LogP) is -7.29. The van der Waals surface area contributed by atoms with Crippen LogP contribution in [0.15, 0.2) is 24.3 Å². The van der Waals surface area contributed by atoms with Gasteiger partial charge in [0.15, 0.2) is 37.7 Å².